The first kappa shape index (κ1) is 9.21. The summed E-state index contributed by atoms with van der Waals surface area (Å²) in [6, 6.07) is 1.83. The first-order valence-corrected chi connectivity index (χ1v) is 4.89. The molecular formula is C9H9BrN4. The zero-order valence-electron chi connectivity index (χ0n) is 7.58. The van der Waals surface area contributed by atoms with Crippen molar-refractivity contribution in [3.8, 4) is 11.4 Å². The summed E-state index contributed by atoms with van der Waals surface area (Å²) in [5.74, 6) is 0.767. The van der Waals surface area contributed by atoms with Gasteiger partial charge in [0, 0.05) is 23.7 Å². The summed E-state index contributed by atoms with van der Waals surface area (Å²) in [5, 5.41) is 0. The molecule has 0 saturated carbocycles. The zero-order chi connectivity index (χ0) is 10.1. The van der Waals surface area contributed by atoms with Gasteiger partial charge in [-0.1, -0.05) is 0 Å². The molecule has 0 amide bonds. The molecule has 0 saturated heterocycles. The van der Waals surface area contributed by atoms with Crippen LogP contribution < -0.4 is 5.73 Å². The molecule has 0 aromatic carbocycles. The van der Waals surface area contributed by atoms with Crippen LogP contribution in [0.25, 0.3) is 11.4 Å². The maximum atomic E-state index is 5.85. The van der Waals surface area contributed by atoms with E-state index in [-0.39, 0.29) is 0 Å². The Balaban J connectivity index is 2.57. The molecule has 0 bridgehead atoms. The Morgan fingerprint density at radius 3 is 2.86 bits per heavy atom. The molecule has 0 aliphatic heterocycles. The molecule has 0 unspecified atom stereocenters. The van der Waals surface area contributed by atoms with Crippen molar-refractivity contribution in [3.63, 3.8) is 0 Å². The van der Waals surface area contributed by atoms with E-state index >= 15 is 0 Å². The summed E-state index contributed by atoms with van der Waals surface area (Å²) >= 11 is 3.27. The minimum Gasteiger partial charge on any atom is -0.396 e. The number of aryl methyl sites for hydroxylation is 1. The van der Waals surface area contributed by atoms with E-state index < -0.39 is 0 Å². The van der Waals surface area contributed by atoms with Crippen molar-refractivity contribution < 1.29 is 0 Å². The second kappa shape index (κ2) is 3.42. The van der Waals surface area contributed by atoms with E-state index in [0.717, 1.165) is 17.1 Å². The number of hydrogen-bond donors (Lipinski definition) is 2. The molecule has 0 atom stereocenters. The van der Waals surface area contributed by atoms with Crippen LogP contribution >= 0.6 is 15.9 Å². The number of aromatic nitrogens is 3. The molecule has 14 heavy (non-hydrogen) atoms. The van der Waals surface area contributed by atoms with Gasteiger partial charge >= 0.3 is 0 Å². The fourth-order valence-electron chi connectivity index (χ4n) is 1.20. The van der Waals surface area contributed by atoms with Gasteiger partial charge in [0.2, 0.25) is 0 Å². The number of halogens is 1. The summed E-state index contributed by atoms with van der Waals surface area (Å²) in [5.41, 5.74) is 8.32. The highest BCUT2D eigenvalue weighted by atomic mass is 79.9. The third-order valence-corrected chi connectivity index (χ3v) is 2.53. The number of pyridine rings is 1. The maximum Gasteiger partial charge on any atom is 0.139 e. The second-order valence-electron chi connectivity index (χ2n) is 2.98. The van der Waals surface area contributed by atoms with Gasteiger partial charge < -0.3 is 10.7 Å². The first-order chi connectivity index (χ1) is 6.68. The molecule has 2 rings (SSSR count). The fourth-order valence-corrected chi connectivity index (χ4v) is 1.54. The average Bonchev–Trinajstić information content (AvgIpc) is 2.57. The van der Waals surface area contributed by atoms with Gasteiger partial charge in [-0.3, -0.25) is 0 Å². The molecule has 2 aromatic rings. The van der Waals surface area contributed by atoms with Gasteiger partial charge in [0.15, 0.2) is 0 Å². The smallest absolute Gasteiger partial charge is 0.139 e. The minimum atomic E-state index is 0.599. The quantitative estimate of drug-likeness (QED) is 0.765. The van der Waals surface area contributed by atoms with Gasteiger partial charge in [-0.05, 0) is 28.9 Å². The van der Waals surface area contributed by atoms with E-state index in [1.54, 1.807) is 12.4 Å². The van der Waals surface area contributed by atoms with Crippen molar-refractivity contribution in [2.45, 2.75) is 6.92 Å². The standard InChI is InChI=1S/C9H9BrN4/c1-5-4-13-9(14-5)6-2-3-12-8(10)7(6)11/h2-4H,11H2,1H3,(H,13,14). The minimum absolute atomic E-state index is 0.599. The summed E-state index contributed by atoms with van der Waals surface area (Å²) < 4.78 is 0.643. The summed E-state index contributed by atoms with van der Waals surface area (Å²) in [4.78, 5) is 11.3. The van der Waals surface area contributed by atoms with Crippen LogP contribution in [-0.2, 0) is 0 Å². The summed E-state index contributed by atoms with van der Waals surface area (Å²) in [6.45, 7) is 1.95. The van der Waals surface area contributed by atoms with Crippen molar-refractivity contribution in [1.82, 2.24) is 15.0 Å². The number of rotatable bonds is 1. The predicted octanol–water partition coefficient (Wildman–Crippen LogP) is 2.12. The van der Waals surface area contributed by atoms with Crippen molar-refractivity contribution in [2.75, 3.05) is 5.73 Å². The van der Waals surface area contributed by atoms with Gasteiger partial charge in [-0.15, -0.1) is 0 Å². The molecule has 2 heterocycles. The molecule has 0 aliphatic rings. The third-order valence-electron chi connectivity index (χ3n) is 1.90. The average molecular weight is 253 g/mol. The van der Waals surface area contributed by atoms with Crippen LogP contribution in [-0.4, -0.2) is 15.0 Å². The lowest BCUT2D eigenvalue weighted by Gasteiger charge is -2.02. The fraction of sp³-hybridized carbons (Fsp3) is 0.111. The van der Waals surface area contributed by atoms with Crippen molar-refractivity contribution >= 4 is 21.6 Å². The SMILES string of the molecule is Cc1cnc(-c2ccnc(Br)c2N)[nH]1. The number of nitrogens with two attached hydrogens (primary N) is 1. The van der Waals surface area contributed by atoms with E-state index in [0.29, 0.717) is 10.3 Å². The van der Waals surface area contributed by atoms with Crippen LogP contribution in [0.15, 0.2) is 23.1 Å². The van der Waals surface area contributed by atoms with Gasteiger partial charge in [0.25, 0.3) is 0 Å². The van der Waals surface area contributed by atoms with Crippen LogP contribution in [0, 0.1) is 6.92 Å². The predicted molar refractivity (Wildman–Crippen MR) is 58.7 cm³/mol. The Bertz CT molecular complexity index is 464. The molecule has 5 heteroatoms. The third kappa shape index (κ3) is 1.50. The number of hydrogen-bond acceptors (Lipinski definition) is 3. The van der Waals surface area contributed by atoms with Crippen LogP contribution in [0.4, 0.5) is 5.69 Å². The van der Waals surface area contributed by atoms with Crippen LogP contribution in [0.3, 0.4) is 0 Å². The second-order valence-corrected chi connectivity index (χ2v) is 3.73. The number of imidazole rings is 1. The normalized spacial score (nSPS) is 10.4. The highest BCUT2D eigenvalue weighted by Gasteiger charge is 2.08. The molecule has 4 nitrogen and oxygen atoms in total. The molecule has 0 radical (unpaired) electrons. The Kier molecular flexibility index (Phi) is 2.25. The van der Waals surface area contributed by atoms with Gasteiger partial charge in [0.05, 0.1) is 5.69 Å². The van der Waals surface area contributed by atoms with E-state index in [9.17, 15) is 0 Å². The molecule has 0 spiro atoms. The number of nitrogen functional groups attached to an aromatic ring is 1. The van der Waals surface area contributed by atoms with E-state index in [4.69, 9.17) is 5.73 Å². The molecule has 72 valence electrons. The number of anilines is 1. The van der Waals surface area contributed by atoms with Crippen LogP contribution in [0.5, 0.6) is 0 Å². The largest absolute Gasteiger partial charge is 0.396 e. The molecular weight excluding hydrogens is 244 g/mol. The Hall–Kier alpha value is -1.36. The highest BCUT2D eigenvalue weighted by Crippen LogP contribution is 2.27. The van der Waals surface area contributed by atoms with E-state index in [2.05, 4.69) is 30.9 Å². The van der Waals surface area contributed by atoms with Crippen molar-refractivity contribution in [3.05, 3.63) is 28.8 Å². The number of H-pyrrole nitrogens is 1. The molecule has 3 N–H and O–H groups in total. The summed E-state index contributed by atoms with van der Waals surface area (Å²) in [6.07, 6.45) is 3.46. The first-order valence-electron chi connectivity index (χ1n) is 4.10. The van der Waals surface area contributed by atoms with Gasteiger partial charge in [-0.25, -0.2) is 9.97 Å². The van der Waals surface area contributed by atoms with Crippen LogP contribution in [0.2, 0.25) is 0 Å². The Morgan fingerprint density at radius 1 is 1.43 bits per heavy atom. The van der Waals surface area contributed by atoms with Crippen molar-refractivity contribution in [1.29, 1.82) is 0 Å². The Morgan fingerprint density at radius 2 is 2.21 bits per heavy atom. The summed E-state index contributed by atoms with van der Waals surface area (Å²) in [7, 11) is 0. The monoisotopic (exact) mass is 252 g/mol. The lowest BCUT2D eigenvalue weighted by Crippen LogP contribution is -1.94. The number of nitrogens with zero attached hydrogens (tertiary/aromatic N) is 2. The van der Waals surface area contributed by atoms with E-state index in [1.807, 2.05) is 13.0 Å². The topological polar surface area (TPSA) is 67.6 Å². The lowest BCUT2D eigenvalue weighted by molar-refractivity contribution is 1.23. The molecule has 0 aliphatic carbocycles. The lowest BCUT2D eigenvalue weighted by atomic mass is 10.2. The maximum absolute atomic E-state index is 5.85. The van der Waals surface area contributed by atoms with E-state index in [1.165, 1.54) is 0 Å². The van der Waals surface area contributed by atoms with Gasteiger partial charge in [-0.2, -0.15) is 0 Å². The molecule has 0 fully saturated rings. The van der Waals surface area contributed by atoms with Crippen molar-refractivity contribution in [2.24, 2.45) is 0 Å². The highest BCUT2D eigenvalue weighted by molar-refractivity contribution is 9.10. The van der Waals surface area contributed by atoms with Gasteiger partial charge in [0.1, 0.15) is 10.4 Å². The number of nitrogens with one attached hydrogen (secondary N) is 1. The number of aromatic amines is 1. The Labute approximate surface area is 89.7 Å². The van der Waals surface area contributed by atoms with Crippen LogP contribution in [0.1, 0.15) is 5.69 Å². The zero-order valence-corrected chi connectivity index (χ0v) is 9.17. The molecule has 2 aromatic heterocycles.